The highest BCUT2D eigenvalue weighted by atomic mass is 16.5. The van der Waals surface area contributed by atoms with Gasteiger partial charge in [0.15, 0.2) is 0 Å². The second-order valence-corrected chi connectivity index (χ2v) is 3.63. The highest BCUT2D eigenvalue weighted by Crippen LogP contribution is 2.10. The van der Waals surface area contributed by atoms with Crippen LogP contribution in [0.1, 0.15) is 18.7 Å². The summed E-state index contributed by atoms with van der Waals surface area (Å²) in [7, 11) is 0. The van der Waals surface area contributed by atoms with Gasteiger partial charge in [-0.3, -0.25) is 0 Å². The summed E-state index contributed by atoms with van der Waals surface area (Å²) in [6.45, 7) is 2.87. The lowest BCUT2D eigenvalue weighted by atomic mass is 10.2. The maximum Gasteiger partial charge on any atom is 0.107 e. The normalized spacial score (nSPS) is 21.6. The number of imidazole rings is 1. The Morgan fingerprint density at radius 1 is 1.64 bits per heavy atom. The molecule has 1 aromatic rings. The number of nitrogens with one attached hydrogen (secondary N) is 2. The van der Waals surface area contributed by atoms with E-state index in [2.05, 4.69) is 15.3 Å². The van der Waals surface area contributed by atoms with Gasteiger partial charge in [0.1, 0.15) is 5.82 Å². The van der Waals surface area contributed by atoms with Gasteiger partial charge in [0.05, 0.1) is 6.10 Å². The van der Waals surface area contributed by atoms with E-state index < -0.39 is 0 Å². The fraction of sp³-hybridized carbons (Fsp3) is 0.700. The molecule has 0 amide bonds. The summed E-state index contributed by atoms with van der Waals surface area (Å²) in [5.41, 5.74) is 0. The molecule has 2 heterocycles. The lowest BCUT2D eigenvalue weighted by molar-refractivity contribution is 0.110. The van der Waals surface area contributed by atoms with Crippen LogP contribution in [-0.2, 0) is 11.2 Å². The third kappa shape index (κ3) is 2.82. The first-order valence-corrected chi connectivity index (χ1v) is 5.26. The Bertz CT molecular complexity index is 242. The predicted octanol–water partition coefficient (Wildman–Crippen LogP) is 0.721. The molecule has 0 spiro atoms. The van der Waals surface area contributed by atoms with E-state index in [1.807, 2.05) is 6.20 Å². The quantitative estimate of drug-likeness (QED) is 0.681. The van der Waals surface area contributed by atoms with Crippen molar-refractivity contribution in [2.75, 3.05) is 19.7 Å². The Morgan fingerprint density at radius 2 is 2.64 bits per heavy atom. The number of hydrogen-bond acceptors (Lipinski definition) is 3. The summed E-state index contributed by atoms with van der Waals surface area (Å²) in [6.07, 6.45) is 7.45. The second kappa shape index (κ2) is 5.12. The summed E-state index contributed by atoms with van der Waals surface area (Å²) < 4.78 is 5.50. The standard InChI is InChI=1S/C10H17N3O/c1-2-9(14-7-1)8-11-4-3-10-12-5-6-13-10/h5-6,9,11H,1-4,7-8H2,(H,12,13). The van der Waals surface area contributed by atoms with E-state index >= 15 is 0 Å². The van der Waals surface area contributed by atoms with Crippen molar-refractivity contribution in [3.8, 4) is 0 Å². The summed E-state index contributed by atoms with van der Waals surface area (Å²) in [5, 5.41) is 3.38. The van der Waals surface area contributed by atoms with E-state index in [0.717, 1.165) is 31.9 Å². The Balaban J connectivity index is 1.55. The molecule has 14 heavy (non-hydrogen) atoms. The monoisotopic (exact) mass is 195 g/mol. The molecule has 4 heteroatoms. The first-order chi connectivity index (χ1) is 6.95. The highest BCUT2D eigenvalue weighted by molar-refractivity contribution is 4.87. The minimum Gasteiger partial charge on any atom is -0.377 e. The molecular weight excluding hydrogens is 178 g/mol. The van der Waals surface area contributed by atoms with Gasteiger partial charge >= 0.3 is 0 Å². The minimum absolute atomic E-state index is 0.437. The van der Waals surface area contributed by atoms with Crippen LogP contribution in [0.5, 0.6) is 0 Å². The highest BCUT2D eigenvalue weighted by Gasteiger charge is 2.14. The van der Waals surface area contributed by atoms with Gasteiger partial charge in [-0.15, -0.1) is 0 Å². The largest absolute Gasteiger partial charge is 0.377 e. The third-order valence-electron chi connectivity index (χ3n) is 2.49. The van der Waals surface area contributed by atoms with Gasteiger partial charge < -0.3 is 15.0 Å². The maximum atomic E-state index is 5.50. The van der Waals surface area contributed by atoms with Crippen molar-refractivity contribution in [3.05, 3.63) is 18.2 Å². The zero-order valence-corrected chi connectivity index (χ0v) is 8.33. The zero-order valence-electron chi connectivity index (χ0n) is 8.33. The summed E-state index contributed by atoms with van der Waals surface area (Å²) >= 11 is 0. The van der Waals surface area contributed by atoms with Crippen LogP contribution in [0, 0.1) is 0 Å². The molecule has 1 saturated heterocycles. The molecular formula is C10H17N3O. The fourth-order valence-corrected chi connectivity index (χ4v) is 1.71. The Morgan fingerprint density at radius 3 is 3.36 bits per heavy atom. The smallest absolute Gasteiger partial charge is 0.107 e. The van der Waals surface area contributed by atoms with Crippen LogP contribution in [0.2, 0.25) is 0 Å². The van der Waals surface area contributed by atoms with E-state index in [1.54, 1.807) is 6.20 Å². The van der Waals surface area contributed by atoms with Gasteiger partial charge in [-0.1, -0.05) is 0 Å². The zero-order chi connectivity index (χ0) is 9.64. The molecule has 1 aliphatic rings. The first kappa shape index (κ1) is 9.68. The number of nitrogens with zero attached hydrogens (tertiary/aromatic N) is 1. The maximum absolute atomic E-state index is 5.50. The van der Waals surface area contributed by atoms with Crippen molar-refractivity contribution in [2.24, 2.45) is 0 Å². The number of rotatable bonds is 5. The molecule has 2 N–H and O–H groups in total. The second-order valence-electron chi connectivity index (χ2n) is 3.63. The van der Waals surface area contributed by atoms with Gasteiger partial charge in [0.2, 0.25) is 0 Å². The molecule has 4 nitrogen and oxygen atoms in total. The third-order valence-corrected chi connectivity index (χ3v) is 2.49. The SMILES string of the molecule is c1c[nH]c(CCNCC2CCCO2)n1. The lowest BCUT2D eigenvalue weighted by Crippen LogP contribution is -2.28. The van der Waals surface area contributed by atoms with Gasteiger partial charge in [0, 0.05) is 38.5 Å². The van der Waals surface area contributed by atoms with E-state index in [9.17, 15) is 0 Å². The topological polar surface area (TPSA) is 49.9 Å². The average molecular weight is 195 g/mol. The van der Waals surface area contributed by atoms with Crippen molar-refractivity contribution >= 4 is 0 Å². The van der Waals surface area contributed by atoms with E-state index in [1.165, 1.54) is 12.8 Å². The summed E-state index contributed by atoms with van der Waals surface area (Å²) in [6, 6.07) is 0. The number of H-pyrrole nitrogens is 1. The van der Waals surface area contributed by atoms with Crippen LogP contribution in [0.25, 0.3) is 0 Å². The predicted molar refractivity (Wildman–Crippen MR) is 54.1 cm³/mol. The summed E-state index contributed by atoms with van der Waals surface area (Å²) in [5.74, 6) is 1.05. The van der Waals surface area contributed by atoms with Crippen LogP contribution in [0.3, 0.4) is 0 Å². The van der Waals surface area contributed by atoms with Crippen molar-refractivity contribution < 1.29 is 4.74 Å². The number of aromatic nitrogens is 2. The van der Waals surface area contributed by atoms with E-state index in [0.29, 0.717) is 6.10 Å². The molecule has 0 aliphatic carbocycles. The molecule has 78 valence electrons. The lowest BCUT2D eigenvalue weighted by Gasteiger charge is -2.09. The molecule has 0 aromatic carbocycles. The minimum atomic E-state index is 0.437. The van der Waals surface area contributed by atoms with E-state index in [4.69, 9.17) is 4.74 Å². The van der Waals surface area contributed by atoms with Crippen molar-refractivity contribution in [3.63, 3.8) is 0 Å². The molecule has 0 radical (unpaired) electrons. The van der Waals surface area contributed by atoms with Crippen molar-refractivity contribution in [1.29, 1.82) is 0 Å². The van der Waals surface area contributed by atoms with Crippen LogP contribution < -0.4 is 5.32 Å². The molecule has 0 saturated carbocycles. The van der Waals surface area contributed by atoms with Crippen LogP contribution in [0.15, 0.2) is 12.4 Å². The molecule has 1 atom stereocenters. The molecule has 2 rings (SSSR count). The molecule has 0 bridgehead atoms. The van der Waals surface area contributed by atoms with Crippen LogP contribution in [0.4, 0.5) is 0 Å². The van der Waals surface area contributed by atoms with E-state index in [-0.39, 0.29) is 0 Å². The first-order valence-electron chi connectivity index (χ1n) is 5.26. The van der Waals surface area contributed by atoms with Crippen molar-refractivity contribution in [2.45, 2.75) is 25.4 Å². The molecule has 1 aliphatic heterocycles. The Hall–Kier alpha value is -0.870. The number of hydrogen-bond donors (Lipinski definition) is 2. The average Bonchev–Trinajstić information content (AvgIpc) is 2.86. The number of ether oxygens (including phenoxy) is 1. The number of aromatic amines is 1. The Kier molecular flexibility index (Phi) is 3.54. The molecule has 1 unspecified atom stereocenters. The van der Waals surface area contributed by atoms with Gasteiger partial charge in [-0.2, -0.15) is 0 Å². The molecule has 1 fully saturated rings. The summed E-state index contributed by atoms with van der Waals surface area (Å²) in [4.78, 5) is 7.24. The van der Waals surface area contributed by atoms with Crippen LogP contribution in [-0.4, -0.2) is 35.8 Å². The van der Waals surface area contributed by atoms with Crippen molar-refractivity contribution in [1.82, 2.24) is 15.3 Å². The fourth-order valence-electron chi connectivity index (χ4n) is 1.71. The Labute approximate surface area is 84.1 Å². The van der Waals surface area contributed by atoms with Crippen LogP contribution >= 0.6 is 0 Å². The molecule has 1 aromatic heterocycles. The van der Waals surface area contributed by atoms with Gasteiger partial charge in [-0.25, -0.2) is 4.98 Å². The van der Waals surface area contributed by atoms with Gasteiger partial charge in [-0.05, 0) is 12.8 Å². The van der Waals surface area contributed by atoms with Gasteiger partial charge in [0.25, 0.3) is 0 Å².